The summed E-state index contributed by atoms with van der Waals surface area (Å²) in [5.74, 6) is -0.745. The normalized spacial score (nSPS) is 19.4. The molecule has 0 aliphatic carbocycles. The largest absolute Gasteiger partial charge is 0.409 e. The summed E-state index contributed by atoms with van der Waals surface area (Å²) in [5, 5.41) is 14.5. The van der Waals surface area contributed by atoms with Gasteiger partial charge in [-0.05, 0) is 31.8 Å². The zero-order valence-corrected chi connectivity index (χ0v) is 11.9. The fourth-order valence-corrected chi connectivity index (χ4v) is 2.47. The molecule has 0 aromatic carbocycles. The Morgan fingerprint density at radius 1 is 1.37 bits per heavy atom. The minimum Gasteiger partial charge on any atom is -0.409 e. The number of amides is 1. The molecule has 1 unspecified atom stereocenters. The number of rotatable bonds is 6. The van der Waals surface area contributed by atoms with Gasteiger partial charge in [-0.1, -0.05) is 25.4 Å². The molecule has 1 heterocycles. The van der Waals surface area contributed by atoms with Gasteiger partial charge < -0.3 is 21.2 Å². The first-order chi connectivity index (χ1) is 9.06. The number of amidine groups is 1. The van der Waals surface area contributed by atoms with E-state index in [0.717, 1.165) is 19.6 Å². The lowest BCUT2D eigenvalue weighted by Crippen LogP contribution is -2.44. The van der Waals surface area contributed by atoms with Crippen molar-refractivity contribution in [3.8, 4) is 0 Å². The van der Waals surface area contributed by atoms with Gasteiger partial charge in [-0.25, -0.2) is 0 Å². The number of oxime groups is 1. The van der Waals surface area contributed by atoms with Gasteiger partial charge in [0.2, 0.25) is 5.91 Å². The van der Waals surface area contributed by atoms with E-state index in [1.807, 2.05) is 13.8 Å². The molecule has 1 rings (SSSR count). The first-order valence-electron chi connectivity index (χ1n) is 7.03. The molecule has 1 amide bonds. The van der Waals surface area contributed by atoms with Gasteiger partial charge in [-0.3, -0.25) is 4.79 Å². The van der Waals surface area contributed by atoms with E-state index in [4.69, 9.17) is 10.9 Å². The highest BCUT2D eigenvalue weighted by molar-refractivity contribution is 6.02. The van der Waals surface area contributed by atoms with Crippen LogP contribution >= 0.6 is 0 Å². The Bertz CT molecular complexity index is 312. The van der Waals surface area contributed by atoms with Crippen LogP contribution in [0.1, 0.15) is 33.1 Å². The number of nitrogens with two attached hydrogens (primary N) is 1. The molecule has 1 atom stereocenters. The van der Waals surface area contributed by atoms with Gasteiger partial charge >= 0.3 is 0 Å². The van der Waals surface area contributed by atoms with E-state index in [9.17, 15) is 4.79 Å². The molecule has 110 valence electrons. The maximum atomic E-state index is 12.0. The lowest BCUT2D eigenvalue weighted by atomic mass is 9.94. The second-order valence-electron chi connectivity index (χ2n) is 5.44. The average Bonchev–Trinajstić information content (AvgIpc) is 2.39. The van der Waals surface area contributed by atoms with E-state index in [1.165, 1.54) is 19.3 Å². The van der Waals surface area contributed by atoms with Crippen LogP contribution in [0, 0.1) is 11.8 Å². The Morgan fingerprint density at radius 3 is 2.53 bits per heavy atom. The molecule has 4 N–H and O–H groups in total. The van der Waals surface area contributed by atoms with Gasteiger partial charge in [0.1, 0.15) is 5.92 Å². The van der Waals surface area contributed by atoms with Gasteiger partial charge in [0.25, 0.3) is 0 Å². The van der Waals surface area contributed by atoms with E-state index < -0.39 is 5.92 Å². The van der Waals surface area contributed by atoms with Crippen molar-refractivity contribution in [3.05, 3.63) is 0 Å². The maximum absolute atomic E-state index is 12.0. The summed E-state index contributed by atoms with van der Waals surface area (Å²) in [6.45, 7) is 7.47. The Labute approximate surface area is 115 Å². The van der Waals surface area contributed by atoms with Crippen LogP contribution in [0.5, 0.6) is 0 Å². The monoisotopic (exact) mass is 270 g/mol. The van der Waals surface area contributed by atoms with Gasteiger partial charge in [-0.15, -0.1) is 0 Å². The van der Waals surface area contributed by atoms with Gasteiger partial charge in [0.15, 0.2) is 5.84 Å². The average molecular weight is 270 g/mol. The molecule has 1 saturated heterocycles. The van der Waals surface area contributed by atoms with Crippen molar-refractivity contribution in [1.29, 1.82) is 0 Å². The minimum absolute atomic E-state index is 0.00545. The molecule has 0 spiro atoms. The topological polar surface area (TPSA) is 91.0 Å². The first kappa shape index (κ1) is 15.8. The highest BCUT2D eigenvalue weighted by Gasteiger charge is 2.26. The summed E-state index contributed by atoms with van der Waals surface area (Å²) in [5.41, 5.74) is 5.56. The number of carbonyl (C=O) groups is 1. The quantitative estimate of drug-likeness (QED) is 0.285. The van der Waals surface area contributed by atoms with Crippen LogP contribution in [-0.4, -0.2) is 48.0 Å². The lowest BCUT2D eigenvalue weighted by Gasteiger charge is -2.27. The molecular weight excluding hydrogens is 244 g/mol. The van der Waals surface area contributed by atoms with E-state index in [2.05, 4.69) is 15.4 Å². The Morgan fingerprint density at radius 2 is 2.00 bits per heavy atom. The SMILES string of the molecule is CC(C)C(C(=O)NCCN1CCCCC1)C(N)=NO. The molecule has 0 aromatic heterocycles. The first-order valence-corrected chi connectivity index (χ1v) is 7.03. The second-order valence-corrected chi connectivity index (χ2v) is 5.44. The third-order valence-corrected chi connectivity index (χ3v) is 3.56. The zero-order valence-electron chi connectivity index (χ0n) is 11.9. The van der Waals surface area contributed by atoms with Crippen molar-refractivity contribution >= 4 is 11.7 Å². The smallest absolute Gasteiger partial charge is 0.231 e. The summed E-state index contributed by atoms with van der Waals surface area (Å²) < 4.78 is 0. The molecule has 0 aromatic rings. The van der Waals surface area contributed by atoms with Crippen molar-refractivity contribution < 1.29 is 10.0 Å². The van der Waals surface area contributed by atoms with Crippen LogP contribution in [0.25, 0.3) is 0 Å². The number of nitrogens with one attached hydrogen (secondary N) is 1. The van der Waals surface area contributed by atoms with Crippen molar-refractivity contribution in [2.45, 2.75) is 33.1 Å². The van der Waals surface area contributed by atoms with E-state index in [0.29, 0.717) is 6.54 Å². The molecule has 6 nitrogen and oxygen atoms in total. The van der Waals surface area contributed by atoms with Gasteiger partial charge in [0, 0.05) is 13.1 Å². The summed E-state index contributed by atoms with van der Waals surface area (Å²) in [6.07, 6.45) is 3.79. The predicted molar refractivity (Wildman–Crippen MR) is 75.0 cm³/mol. The van der Waals surface area contributed by atoms with Gasteiger partial charge in [0.05, 0.1) is 0 Å². The van der Waals surface area contributed by atoms with Crippen LogP contribution in [-0.2, 0) is 4.79 Å². The highest BCUT2D eigenvalue weighted by atomic mass is 16.4. The summed E-state index contributed by atoms with van der Waals surface area (Å²) in [7, 11) is 0. The summed E-state index contributed by atoms with van der Waals surface area (Å²) >= 11 is 0. The lowest BCUT2D eigenvalue weighted by molar-refractivity contribution is -0.124. The van der Waals surface area contributed by atoms with E-state index in [-0.39, 0.29) is 17.7 Å². The maximum Gasteiger partial charge on any atom is 0.231 e. The Balaban J connectivity index is 2.35. The third kappa shape index (κ3) is 5.06. The predicted octanol–water partition coefficient (Wildman–Crippen LogP) is 0.607. The van der Waals surface area contributed by atoms with E-state index >= 15 is 0 Å². The number of hydrogen-bond acceptors (Lipinski definition) is 4. The van der Waals surface area contributed by atoms with Crippen molar-refractivity contribution in [3.63, 3.8) is 0 Å². The number of piperidine rings is 1. The molecule has 1 fully saturated rings. The van der Waals surface area contributed by atoms with Crippen LogP contribution in [0.4, 0.5) is 0 Å². The molecule has 6 heteroatoms. The van der Waals surface area contributed by atoms with Gasteiger partial charge in [-0.2, -0.15) is 0 Å². The molecule has 1 aliphatic heterocycles. The van der Waals surface area contributed by atoms with Crippen LogP contribution < -0.4 is 11.1 Å². The summed E-state index contributed by atoms with van der Waals surface area (Å²) in [6, 6.07) is 0. The van der Waals surface area contributed by atoms with Crippen molar-refractivity contribution in [2.75, 3.05) is 26.2 Å². The van der Waals surface area contributed by atoms with Crippen molar-refractivity contribution in [1.82, 2.24) is 10.2 Å². The highest BCUT2D eigenvalue weighted by Crippen LogP contribution is 2.11. The molecule has 1 aliphatic rings. The second kappa shape index (κ2) is 7.99. The third-order valence-electron chi connectivity index (χ3n) is 3.56. The number of nitrogens with zero attached hydrogens (tertiary/aromatic N) is 2. The van der Waals surface area contributed by atoms with Crippen LogP contribution in [0.15, 0.2) is 5.16 Å². The Hall–Kier alpha value is -1.30. The van der Waals surface area contributed by atoms with Crippen molar-refractivity contribution in [2.24, 2.45) is 22.7 Å². The molecular formula is C13H26N4O2. The minimum atomic E-state index is -0.564. The standard InChI is InChI=1S/C13H26N4O2/c1-10(2)11(12(14)16-19)13(18)15-6-9-17-7-4-3-5-8-17/h10-11,19H,3-9H2,1-2H3,(H2,14,16)(H,15,18). The number of hydrogen-bond donors (Lipinski definition) is 3. The van der Waals surface area contributed by atoms with E-state index in [1.54, 1.807) is 0 Å². The molecule has 0 radical (unpaired) electrons. The fraction of sp³-hybridized carbons (Fsp3) is 0.846. The molecule has 0 saturated carbocycles. The molecule has 19 heavy (non-hydrogen) atoms. The number of likely N-dealkylation sites (tertiary alicyclic amines) is 1. The van der Waals surface area contributed by atoms with Crippen LogP contribution in [0.2, 0.25) is 0 Å². The number of carbonyl (C=O) groups excluding carboxylic acids is 1. The zero-order chi connectivity index (χ0) is 14.3. The summed E-state index contributed by atoms with van der Waals surface area (Å²) in [4.78, 5) is 14.4. The van der Waals surface area contributed by atoms with Crippen LogP contribution in [0.3, 0.4) is 0 Å². The molecule has 0 bridgehead atoms. The fourth-order valence-electron chi connectivity index (χ4n) is 2.47. The Kier molecular flexibility index (Phi) is 6.62.